The molecule has 1 aromatic rings. The molecule has 1 amide bonds. The molecule has 120 valence electrons. The van der Waals surface area contributed by atoms with Gasteiger partial charge in [0.05, 0.1) is 13.7 Å². The summed E-state index contributed by atoms with van der Waals surface area (Å²) in [5.41, 5.74) is 0.374. The van der Waals surface area contributed by atoms with Gasteiger partial charge >= 0.3 is 5.97 Å². The van der Waals surface area contributed by atoms with E-state index in [2.05, 4.69) is 0 Å². The molecule has 0 aromatic heterocycles. The molecule has 6 nitrogen and oxygen atoms in total. The van der Waals surface area contributed by atoms with Crippen LogP contribution < -0.4 is 4.74 Å². The molecule has 1 rings (SSSR count). The highest BCUT2D eigenvalue weighted by Crippen LogP contribution is 2.16. The summed E-state index contributed by atoms with van der Waals surface area (Å²) in [4.78, 5) is 36.6. The van der Waals surface area contributed by atoms with Crippen LogP contribution in [0.3, 0.4) is 0 Å². The number of benzene rings is 1. The number of ketones is 1. The second kappa shape index (κ2) is 7.59. The van der Waals surface area contributed by atoms with Crippen molar-refractivity contribution in [2.24, 2.45) is 5.92 Å². The van der Waals surface area contributed by atoms with Crippen LogP contribution in [0, 0.1) is 5.92 Å². The standard InChI is InChI=1S/C16H21NO5/c1-10(2)15(16(20)21)17(11(3)18)9-14(19)12-6-5-7-13(8-12)22-4/h5-8,10,15H,9H2,1-4H3,(H,20,21)/t15-/m1/s1. The van der Waals surface area contributed by atoms with Crippen molar-refractivity contribution < 1.29 is 24.2 Å². The Kier molecular flexibility index (Phi) is 6.10. The van der Waals surface area contributed by atoms with Crippen LogP contribution in [-0.4, -0.2) is 47.4 Å². The lowest BCUT2D eigenvalue weighted by Gasteiger charge is -2.30. The summed E-state index contributed by atoms with van der Waals surface area (Å²) in [6.07, 6.45) is 0. The van der Waals surface area contributed by atoms with Crippen molar-refractivity contribution in [3.63, 3.8) is 0 Å². The van der Waals surface area contributed by atoms with Gasteiger partial charge in [-0.1, -0.05) is 26.0 Å². The zero-order chi connectivity index (χ0) is 16.9. The van der Waals surface area contributed by atoms with Gasteiger partial charge < -0.3 is 14.7 Å². The van der Waals surface area contributed by atoms with E-state index < -0.39 is 17.9 Å². The Labute approximate surface area is 129 Å². The minimum atomic E-state index is -1.12. The van der Waals surface area contributed by atoms with Crippen LogP contribution in [0.4, 0.5) is 0 Å². The second-order valence-electron chi connectivity index (χ2n) is 5.33. The van der Waals surface area contributed by atoms with E-state index in [-0.39, 0.29) is 18.2 Å². The Morgan fingerprint density at radius 3 is 2.36 bits per heavy atom. The third-order valence-electron chi connectivity index (χ3n) is 3.33. The molecule has 0 fully saturated rings. The predicted octanol–water partition coefficient (Wildman–Crippen LogP) is 1.84. The number of amides is 1. The Hall–Kier alpha value is -2.37. The molecule has 0 unspecified atom stereocenters. The van der Waals surface area contributed by atoms with Crippen LogP contribution in [0.1, 0.15) is 31.1 Å². The third kappa shape index (κ3) is 4.31. The van der Waals surface area contributed by atoms with E-state index in [0.29, 0.717) is 11.3 Å². The monoisotopic (exact) mass is 307 g/mol. The summed E-state index contributed by atoms with van der Waals surface area (Å²) < 4.78 is 5.05. The number of rotatable bonds is 7. The number of methoxy groups -OCH3 is 1. The number of carboxylic acids is 1. The molecular formula is C16H21NO5. The summed E-state index contributed by atoms with van der Waals surface area (Å²) in [5.74, 6) is -1.68. The molecule has 1 N–H and O–H groups in total. The molecule has 6 heteroatoms. The van der Waals surface area contributed by atoms with Gasteiger partial charge in [0, 0.05) is 12.5 Å². The van der Waals surface area contributed by atoms with E-state index in [1.807, 2.05) is 0 Å². The van der Waals surface area contributed by atoms with Gasteiger partial charge in [-0.3, -0.25) is 9.59 Å². The van der Waals surface area contributed by atoms with Crippen molar-refractivity contribution in [3.05, 3.63) is 29.8 Å². The molecule has 0 saturated carbocycles. The fourth-order valence-corrected chi connectivity index (χ4v) is 2.23. The van der Waals surface area contributed by atoms with Crippen LogP contribution in [0.15, 0.2) is 24.3 Å². The molecule has 0 saturated heterocycles. The number of hydrogen-bond donors (Lipinski definition) is 1. The van der Waals surface area contributed by atoms with E-state index in [1.165, 1.54) is 14.0 Å². The molecule has 0 aliphatic heterocycles. The molecule has 0 aliphatic carbocycles. The van der Waals surface area contributed by atoms with Crippen molar-refractivity contribution >= 4 is 17.7 Å². The van der Waals surface area contributed by atoms with E-state index in [9.17, 15) is 19.5 Å². The van der Waals surface area contributed by atoms with E-state index in [1.54, 1.807) is 38.1 Å². The number of aliphatic carboxylic acids is 1. The number of carbonyl (C=O) groups is 3. The van der Waals surface area contributed by atoms with Gasteiger partial charge in [0.1, 0.15) is 11.8 Å². The van der Waals surface area contributed by atoms with Crippen molar-refractivity contribution in [3.8, 4) is 5.75 Å². The molecule has 22 heavy (non-hydrogen) atoms. The first-order valence-corrected chi connectivity index (χ1v) is 6.95. The quantitative estimate of drug-likeness (QED) is 0.777. The normalized spacial score (nSPS) is 11.9. The Morgan fingerprint density at radius 1 is 1.27 bits per heavy atom. The van der Waals surface area contributed by atoms with Crippen molar-refractivity contribution in [1.29, 1.82) is 0 Å². The lowest BCUT2D eigenvalue weighted by atomic mass is 10.0. The SMILES string of the molecule is COc1cccc(C(=O)CN(C(C)=O)[C@@H](C(=O)O)C(C)C)c1. The highest BCUT2D eigenvalue weighted by molar-refractivity contribution is 6.00. The molecule has 0 radical (unpaired) electrons. The van der Waals surface area contributed by atoms with Gasteiger partial charge in [-0.25, -0.2) is 4.79 Å². The number of Topliss-reactive ketones (excluding diaryl/α,β-unsaturated/α-hetero) is 1. The van der Waals surface area contributed by atoms with Crippen LogP contribution in [0.5, 0.6) is 5.75 Å². The Balaban J connectivity index is 3.02. The number of nitrogens with zero attached hydrogens (tertiary/aromatic N) is 1. The third-order valence-corrected chi connectivity index (χ3v) is 3.33. The molecule has 0 heterocycles. The lowest BCUT2D eigenvalue weighted by Crippen LogP contribution is -2.49. The minimum absolute atomic E-state index is 0.280. The summed E-state index contributed by atoms with van der Waals surface area (Å²) in [5, 5.41) is 9.30. The van der Waals surface area contributed by atoms with Gasteiger partial charge in [0.25, 0.3) is 0 Å². The average Bonchev–Trinajstić information content (AvgIpc) is 2.45. The van der Waals surface area contributed by atoms with Crippen LogP contribution in [-0.2, 0) is 9.59 Å². The van der Waals surface area contributed by atoms with E-state index in [0.717, 1.165) is 4.90 Å². The number of carboxylic acid groups (broad SMARTS) is 1. The highest BCUT2D eigenvalue weighted by atomic mass is 16.5. The maximum absolute atomic E-state index is 12.3. The fourth-order valence-electron chi connectivity index (χ4n) is 2.23. The van der Waals surface area contributed by atoms with Crippen LogP contribution in [0.2, 0.25) is 0 Å². The average molecular weight is 307 g/mol. The minimum Gasteiger partial charge on any atom is -0.497 e. The number of carbonyl (C=O) groups excluding carboxylic acids is 2. The Morgan fingerprint density at radius 2 is 1.91 bits per heavy atom. The van der Waals surface area contributed by atoms with Gasteiger partial charge in [-0.2, -0.15) is 0 Å². The maximum Gasteiger partial charge on any atom is 0.326 e. The molecule has 0 spiro atoms. The van der Waals surface area contributed by atoms with Crippen LogP contribution >= 0.6 is 0 Å². The highest BCUT2D eigenvalue weighted by Gasteiger charge is 2.32. The van der Waals surface area contributed by atoms with Crippen molar-refractivity contribution in [1.82, 2.24) is 4.90 Å². The molecule has 1 aromatic carbocycles. The topological polar surface area (TPSA) is 83.9 Å². The number of hydrogen-bond acceptors (Lipinski definition) is 4. The van der Waals surface area contributed by atoms with Crippen LogP contribution in [0.25, 0.3) is 0 Å². The zero-order valence-corrected chi connectivity index (χ0v) is 13.2. The van der Waals surface area contributed by atoms with Gasteiger partial charge in [-0.15, -0.1) is 0 Å². The molecule has 0 aliphatic rings. The van der Waals surface area contributed by atoms with Crippen molar-refractivity contribution in [2.45, 2.75) is 26.8 Å². The smallest absolute Gasteiger partial charge is 0.326 e. The second-order valence-corrected chi connectivity index (χ2v) is 5.33. The summed E-state index contributed by atoms with van der Waals surface area (Å²) >= 11 is 0. The maximum atomic E-state index is 12.3. The van der Waals surface area contributed by atoms with Gasteiger partial charge in [-0.05, 0) is 18.1 Å². The fraction of sp³-hybridized carbons (Fsp3) is 0.438. The summed E-state index contributed by atoms with van der Waals surface area (Å²) in [6, 6.07) is 5.50. The molecular weight excluding hydrogens is 286 g/mol. The van der Waals surface area contributed by atoms with E-state index >= 15 is 0 Å². The van der Waals surface area contributed by atoms with Gasteiger partial charge in [0.15, 0.2) is 5.78 Å². The first-order chi connectivity index (χ1) is 10.3. The van der Waals surface area contributed by atoms with E-state index in [4.69, 9.17) is 4.74 Å². The summed E-state index contributed by atoms with van der Waals surface area (Å²) in [6.45, 7) is 4.38. The first-order valence-electron chi connectivity index (χ1n) is 6.95. The Bertz CT molecular complexity index is 567. The molecule has 1 atom stereocenters. The number of ether oxygens (including phenoxy) is 1. The predicted molar refractivity (Wildman–Crippen MR) is 81.0 cm³/mol. The zero-order valence-electron chi connectivity index (χ0n) is 13.2. The largest absolute Gasteiger partial charge is 0.497 e. The van der Waals surface area contributed by atoms with Crippen molar-refractivity contribution in [2.75, 3.05) is 13.7 Å². The lowest BCUT2D eigenvalue weighted by molar-refractivity contribution is -0.150. The first kappa shape index (κ1) is 17.7. The summed E-state index contributed by atoms with van der Waals surface area (Å²) in [7, 11) is 1.49. The van der Waals surface area contributed by atoms with Gasteiger partial charge in [0.2, 0.25) is 5.91 Å². The molecule has 0 bridgehead atoms.